The standard InChI is InChI=1S/C20H22N2O4S/c1-26-20(23)16-9-5-6-10-18(16)27(24,25)22-13-15-11-21-12-17(15)19(22)14-7-3-2-4-8-14/h2-10,15,17,19,21H,11-13H2,1H3/t15-,17-,19+/m0/s1. The highest BCUT2D eigenvalue weighted by Crippen LogP contribution is 2.45. The third-order valence-electron chi connectivity index (χ3n) is 5.54. The molecule has 3 atom stereocenters. The van der Waals surface area contributed by atoms with Crippen molar-refractivity contribution in [2.45, 2.75) is 10.9 Å². The molecular formula is C20H22N2O4S. The first kappa shape index (κ1) is 18.2. The molecule has 2 aromatic carbocycles. The summed E-state index contributed by atoms with van der Waals surface area (Å²) >= 11 is 0. The SMILES string of the molecule is COC(=O)c1ccccc1S(=O)(=O)N1C[C@@H]2CNC[C@@H]2[C@H]1c1ccccc1. The molecule has 0 spiro atoms. The van der Waals surface area contributed by atoms with Crippen molar-refractivity contribution < 1.29 is 17.9 Å². The van der Waals surface area contributed by atoms with E-state index in [1.54, 1.807) is 16.4 Å². The van der Waals surface area contributed by atoms with Gasteiger partial charge in [0.25, 0.3) is 0 Å². The average molecular weight is 386 g/mol. The number of ether oxygens (including phenoxy) is 1. The van der Waals surface area contributed by atoms with Crippen molar-refractivity contribution in [3.63, 3.8) is 0 Å². The second kappa shape index (κ2) is 7.07. The van der Waals surface area contributed by atoms with Gasteiger partial charge in [0.2, 0.25) is 10.0 Å². The van der Waals surface area contributed by atoms with Crippen LogP contribution < -0.4 is 5.32 Å². The van der Waals surface area contributed by atoms with Crippen molar-refractivity contribution in [2.24, 2.45) is 11.8 Å². The molecule has 2 aromatic rings. The van der Waals surface area contributed by atoms with Crippen LogP contribution in [0, 0.1) is 11.8 Å². The minimum atomic E-state index is -3.86. The zero-order chi connectivity index (χ0) is 19.0. The van der Waals surface area contributed by atoms with Gasteiger partial charge in [-0.2, -0.15) is 4.31 Å². The summed E-state index contributed by atoms with van der Waals surface area (Å²) in [6, 6.07) is 15.7. The topological polar surface area (TPSA) is 75.7 Å². The molecule has 0 amide bonds. The van der Waals surface area contributed by atoms with Crippen LogP contribution in [0.2, 0.25) is 0 Å². The highest BCUT2D eigenvalue weighted by Gasteiger charge is 2.50. The zero-order valence-corrected chi connectivity index (χ0v) is 15.9. The summed E-state index contributed by atoms with van der Waals surface area (Å²) < 4.78 is 33.5. The van der Waals surface area contributed by atoms with Crippen molar-refractivity contribution in [2.75, 3.05) is 26.7 Å². The maximum atomic E-state index is 13.6. The molecule has 0 unspecified atom stereocenters. The van der Waals surface area contributed by atoms with Gasteiger partial charge >= 0.3 is 5.97 Å². The number of rotatable bonds is 4. The van der Waals surface area contributed by atoms with E-state index >= 15 is 0 Å². The number of sulfonamides is 1. The first-order chi connectivity index (χ1) is 13.0. The van der Waals surface area contributed by atoms with Gasteiger partial charge in [-0.25, -0.2) is 13.2 Å². The maximum absolute atomic E-state index is 13.6. The van der Waals surface area contributed by atoms with E-state index in [4.69, 9.17) is 4.74 Å². The Morgan fingerprint density at radius 3 is 2.52 bits per heavy atom. The Bertz CT molecular complexity index is 945. The molecule has 1 N–H and O–H groups in total. The number of hydrogen-bond donors (Lipinski definition) is 1. The molecule has 4 rings (SSSR count). The third kappa shape index (κ3) is 3.05. The maximum Gasteiger partial charge on any atom is 0.339 e. The van der Waals surface area contributed by atoms with Crippen molar-refractivity contribution in [1.82, 2.24) is 9.62 Å². The molecule has 142 valence electrons. The molecule has 2 saturated heterocycles. The first-order valence-electron chi connectivity index (χ1n) is 8.99. The average Bonchev–Trinajstić information content (AvgIpc) is 3.29. The molecule has 0 radical (unpaired) electrons. The smallest absolute Gasteiger partial charge is 0.339 e. The molecule has 7 heteroatoms. The number of hydrogen-bond acceptors (Lipinski definition) is 5. The molecule has 2 fully saturated rings. The second-order valence-electron chi connectivity index (χ2n) is 7.00. The monoisotopic (exact) mass is 386 g/mol. The second-order valence-corrected chi connectivity index (χ2v) is 8.86. The van der Waals surface area contributed by atoms with Crippen LogP contribution >= 0.6 is 0 Å². The van der Waals surface area contributed by atoms with Crippen molar-refractivity contribution in [3.05, 3.63) is 65.7 Å². The summed E-state index contributed by atoms with van der Waals surface area (Å²) in [5.74, 6) is -0.172. The van der Waals surface area contributed by atoms with Crippen LogP contribution in [0.15, 0.2) is 59.5 Å². The summed E-state index contributed by atoms with van der Waals surface area (Å²) in [5, 5.41) is 3.38. The number of carbonyl (C=O) groups excluding carboxylic acids is 1. The first-order valence-corrected chi connectivity index (χ1v) is 10.4. The van der Waals surface area contributed by atoms with Gasteiger partial charge in [-0.3, -0.25) is 0 Å². The van der Waals surface area contributed by atoms with E-state index in [-0.39, 0.29) is 28.3 Å². The van der Waals surface area contributed by atoms with E-state index < -0.39 is 16.0 Å². The summed E-state index contributed by atoms with van der Waals surface area (Å²) in [6.07, 6.45) is 0. The molecule has 27 heavy (non-hydrogen) atoms. The molecule has 2 aliphatic rings. The van der Waals surface area contributed by atoms with Crippen LogP contribution in [-0.2, 0) is 14.8 Å². The number of nitrogens with one attached hydrogen (secondary N) is 1. The van der Waals surface area contributed by atoms with E-state index in [1.807, 2.05) is 30.3 Å². The van der Waals surface area contributed by atoms with Gasteiger partial charge in [0.15, 0.2) is 0 Å². The van der Waals surface area contributed by atoms with Crippen LogP contribution in [-0.4, -0.2) is 45.4 Å². The Morgan fingerprint density at radius 2 is 1.78 bits per heavy atom. The fraction of sp³-hybridized carbons (Fsp3) is 0.350. The zero-order valence-electron chi connectivity index (χ0n) is 15.0. The highest BCUT2D eigenvalue weighted by molar-refractivity contribution is 7.89. The molecular weight excluding hydrogens is 364 g/mol. The normalized spacial score (nSPS) is 25.3. The van der Waals surface area contributed by atoms with Gasteiger partial charge in [0.05, 0.1) is 23.6 Å². The van der Waals surface area contributed by atoms with Crippen LogP contribution in [0.4, 0.5) is 0 Å². The number of nitrogens with zero attached hydrogens (tertiary/aromatic N) is 1. The molecule has 6 nitrogen and oxygen atoms in total. The number of esters is 1. The number of fused-ring (bicyclic) bond motifs is 1. The number of carbonyl (C=O) groups is 1. The lowest BCUT2D eigenvalue weighted by Gasteiger charge is -2.28. The highest BCUT2D eigenvalue weighted by atomic mass is 32.2. The summed E-state index contributed by atoms with van der Waals surface area (Å²) in [4.78, 5) is 12.1. The van der Waals surface area contributed by atoms with Crippen LogP contribution in [0.5, 0.6) is 0 Å². The van der Waals surface area contributed by atoms with Gasteiger partial charge in [-0.1, -0.05) is 42.5 Å². The lowest BCUT2D eigenvalue weighted by atomic mass is 9.90. The third-order valence-corrected chi connectivity index (χ3v) is 7.45. The van der Waals surface area contributed by atoms with E-state index in [9.17, 15) is 13.2 Å². The fourth-order valence-corrected chi connectivity index (χ4v) is 6.19. The lowest BCUT2D eigenvalue weighted by Crippen LogP contribution is -2.35. The number of methoxy groups -OCH3 is 1. The molecule has 2 aliphatic heterocycles. The predicted molar refractivity (Wildman–Crippen MR) is 101 cm³/mol. The molecule has 0 saturated carbocycles. The Morgan fingerprint density at radius 1 is 1.07 bits per heavy atom. The predicted octanol–water partition coefficient (Wildman–Crippen LogP) is 2.05. The molecule has 0 aliphatic carbocycles. The summed E-state index contributed by atoms with van der Waals surface area (Å²) in [6.45, 7) is 2.03. The Kier molecular flexibility index (Phi) is 4.75. The Hall–Kier alpha value is -2.22. The quantitative estimate of drug-likeness (QED) is 0.814. The van der Waals surface area contributed by atoms with Crippen LogP contribution in [0.1, 0.15) is 22.0 Å². The van der Waals surface area contributed by atoms with Gasteiger partial charge in [-0.05, 0) is 36.1 Å². The van der Waals surface area contributed by atoms with E-state index in [0.717, 1.165) is 18.7 Å². The van der Waals surface area contributed by atoms with Gasteiger partial charge in [0, 0.05) is 13.1 Å². The van der Waals surface area contributed by atoms with E-state index in [0.29, 0.717) is 6.54 Å². The van der Waals surface area contributed by atoms with Crippen LogP contribution in [0.3, 0.4) is 0 Å². The number of benzene rings is 2. The molecule has 0 aromatic heterocycles. The van der Waals surface area contributed by atoms with E-state index in [2.05, 4.69) is 5.32 Å². The van der Waals surface area contributed by atoms with E-state index in [1.165, 1.54) is 19.2 Å². The Balaban J connectivity index is 1.80. The largest absolute Gasteiger partial charge is 0.465 e. The minimum absolute atomic E-state index is 0.00529. The summed E-state index contributed by atoms with van der Waals surface area (Å²) in [5.41, 5.74) is 1.05. The van der Waals surface area contributed by atoms with Crippen LogP contribution in [0.25, 0.3) is 0 Å². The van der Waals surface area contributed by atoms with Crippen molar-refractivity contribution in [1.29, 1.82) is 0 Å². The lowest BCUT2D eigenvalue weighted by molar-refractivity contribution is 0.0596. The fourth-order valence-electron chi connectivity index (χ4n) is 4.29. The Labute approximate surface area is 159 Å². The minimum Gasteiger partial charge on any atom is -0.465 e. The molecule has 2 heterocycles. The van der Waals surface area contributed by atoms with Gasteiger partial charge in [-0.15, -0.1) is 0 Å². The van der Waals surface area contributed by atoms with Gasteiger partial charge < -0.3 is 10.1 Å². The summed E-state index contributed by atoms with van der Waals surface area (Å²) in [7, 11) is -2.60. The molecule has 0 bridgehead atoms. The van der Waals surface area contributed by atoms with Gasteiger partial charge in [0.1, 0.15) is 0 Å². The van der Waals surface area contributed by atoms with Crippen molar-refractivity contribution in [3.8, 4) is 0 Å². The van der Waals surface area contributed by atoms with Crippen molar-refractivity contribution >= 4 is 16.0 Å².